The van der Waals surface area contributed by atoms with Gasteiger partial charge in [0.1, 0.15) is 0 Å². The van der Waals surface area contributed by atoms with Gasteiger partial charge in [0.05, 0.1) is 6.61 Å². The molecule has 1 unspecified atom stereocenters. The first-order valence-corrected chi connectivity index (χ1v) is 6.68. The number of rotatable bonds is 4. The highest BCUT2D eigenvalue weighted by Crippen LogP contribution is 2.30. The number of thioether (sulfide) groups is 1. The Balaban J connectivity index is 2.01. The van der Waals surface area contributed by atoms with Crippen LogP contribution < -0.4 is 0 Å². The molecule has 1 aromatic rings. The summed E-state index contributed by atoms with van der Waals surface area (Å²) in [6.45, 7) is 1.88. The number of esters is 1. The number of aryl methyl sites for hydroxylation is 2. The van der Waals surface area contributed by atoms with E-state index in [1.54, 1.807) is 6.92 Å². The zero-order chi connectivity index (χ0) is 12.3. The first kappa shape index (κ1) is 12.4. The molecule has 1 aromatic carbocycles. The lowest BCUT2D eigenvalue weighted by Crippen LogP contribution is -2.15. The molecular weight excluding hydrogens is 239 g/mol. The van der Waals surface area contributed by atoms with E-state index in [-0.39, 0.29) is 6.61 Å². The van der Waals surface area contributed by atoms with Gasteiger partial charge >= 0.3 is 5.97 Å². The van der Waals surface area contributed by atoms with Gasteiger partial charge in [-0.15, -0.1) is 0 Å². The van der Waals surface area contributed by atoms with Crippen molar-refractivity contribution in [3.63, 3.8) is 0 Å². The third-order valence-electron chi connectivity index (χ3n) is 2.78. The van der Waals surface area contributed by atoms with E-state index in [1.165, 1.54) is 17.5 Å². The Morgan fingerprint density at radius 2 is 2.24 bits per heavy atom. The summed E-state index contributed by atoms with van der Waals surface area (Å²) in [5, 5.41) is 0. The number of hydrogen-bond acceptors (Lipinski definition) is 3. The van der Waals surface area contributed by atoms with Gasteiger partial charge in [-0.3, -0.25) is 0 Å². The van der Waals surface area contributed by atoms with Crippen molar-refractivity contribution >= 4 is 17.7 Å². The number of alkyl halides is 1. The fourth-order valence-electron chi connectivity index (χ4n) is 2.00. The van der Waals surface area contributed by atoms with E-state index < -0.39 is 11.5 Å². The van der Waals surface area contributed by atoms with E-state index in [9.17, 15) is 9.18 Å². The maximum Gasteiger partial charge on any atom is 0.351 e. The number of benzene rings is 1. The lowest BCUT2D eigenvalue weighted by atomic mass is 10.1. The molecule has 0 heterocycles. The molecule has 17 heavy (non-hydrogen) atoms. The molecule has 0 spiro atoms. The van der Waals surface area contributed by atoms with Crippen molar-refractivity contribution in [2.24, 2.45) is 0 Å². The van der Waals surface area contributed by atoms with Crippen LogP contribution in [0.5, 0.6) is 0 Å². The molecule has 2 nitrogen and oxygen atoms in total. The highest BCUT2D eigenvalue weighted by molar-refractivity contribution is 8.00. The monoisotopic (exact) mass is 254 g/mol. The van der Waals surface area contributed by atoms with E-state index in [2.05, 4.69) is 4.74 Å². The van der Waals surface area contributed by atoms with Crippen LogP contribution in [0.2, 0.25) is 0 Å². The van der Waals surface area contributed by atoms with E-state index in [0.717, 1.165) is 29.5 Å². The van der Waals surface area contributed by atoms with Crippen LogP contribution in [0.15, 0.2) is 23.1 Å². The molecule has 0 aromatic heterocycles. The summed E-state index contributed by atoms with van der Waals surface area (Å²) < 4.78 is 18.1. The number of ether oxygens (including phenoxy) is 1. The molecule has 0 bridgehead atoms. The highest BCUT2D eigenvalue weighted by atomic mass is 32.2. The molecule has 0 amide bonds. The van der Waals surface area contributed by atoms with Crippen LogP contribution in [0.25, 0.3) is 0 Å². The molecule has 1 atom stereocenters. The molecule has 0 saturated carbocycles. The first-order valence-electron chi connectivity index (χ1n) is 5.80. The molecular formula is C13H15FO2S. The number of carbonyl (C=O) groups is 1. The van der Waals surface area contributed by atoms with Crippen LogP contribution in [-0.2, 0) is 22.4 Å². The lowest BCUT2D eigenvalue weighted by Gasteiger charge is -2.08. The molecule has 0 aliphatic heterocycles. The molecule has 0 fully saturated rings. The number of hydrogen-bond donors (Lipinski definition) is 0. The van der Waals surface area contributed by atoms with Gasteiger partial charge in [0, 0.05) is 4.90 Å². The Kier molecular flexibility index (Phi) is 4.05. The van der Waals surface area contributed by atoms with Gasteiger partial charge in [0.25, 0.3) is 0 Å². The molecule has 2 rings (SSSR count). The Hall–Kier alpha value is -1.03. The number of carbonyl (C=O) groups excluding carboxylic acids is 1. The second-order valence-electron chi connectivity index (χ2n) is 3.97. The highest BCUT2D eigenvalue weighted by Gasteiger charge is 2.20. The van der Waals surface area contributed by atoms with Crippen molar-refractivity contribution in [2.45, 2.75) is 36.6 Å². The van der Waals surface area contributed by atoms with Crippen molar-refractivity contribution in [1.29, 1.82) is 0 Å². The predicted molar refractivity (Wildman–Crippen MR) is 65.9 cm³/mol. The van der Waals surface area contributed by atoms with Gasteiger partial charge in [0.2, 0.25) is 5.50 Å². The second-order valence-corrected chi connectivity index (χ2v) is 5.09. The van der Waals surface area contributed by atoms with Gasteiger partial charge in [-0.2, -0.15) is 0 Å². The van der Waals surface area contributed by atoms with Gasteiger partial charge in [-0.05, 0) is 49.4 Å². The van der Waals surface area contributed by atoms with E-state index >= 15 is 0 Å². The average Bonchev–Trinajstić information content (AvgIpc) is 2.76. The van der Waals surface area contributed by atoms with Crippen molar-refractivity contribution in [3.8, 4) is 0 Å². The fraction of sp³-hybridized carbons (Fsp3) is 0.462. The lowest BCUT2D eigenvalue weighted by molar-refractivity contribution is -0.145. The van der Waals surface area contributed by atoms with Crippen molar-refractivity contribution in [3.05, 3.63) is 29.3 Å². The molecule has 1 aliphatic carbocycles. The third kappa shape index (κ3) is 3.00. The summed E-state index contributed by atoms with van der Waals surface area (Å²) in [5.41, 5.74) is 1.00. The largest absolute Gasteiger partial charge is 0.463 e. The Labute approximate surface area is 105 Å². The van der Waals surface area contributed by atoms with Crippen LogP contribution in [0.1, 0.15) is 24.5 Å². The molecule has 92 valence electrons. The average molecular weight is 254 g/mol. The zero-order valence-electron chi connectivity index (χ0n) is 9.74. The summed E-state index contributed by atoms with van der Waals surface area (Å²) in [4.78, 5) is 12.0. The van der Waals surface area contributed by atoms with Crippen LogP contribution in [0, 0.1) is 0 Å². The normalized spacial score (nSPS) is 15.4. The van der Waals surface area contributed by atoms with Crippen molar-refractivity contribution in [2.75, 3.05) is 6.61 Å². The van der Waals surface area contributed by atoms with Crippen LogP contribution in [0.3, 0.4) is 0 Å². The minimum atomic E-state index is -1.63. The molecule has 0 saturated heterocycles. The Morgan fingerprint density at radius 3 is 3.00 bits per heavy atom. The predicted octanol–water partition coefficient (Wildman–Crippen LogP) is 3.13. The van der Waals surface area contributed by atoms with Crippen molar-refractivity contribution < 1.29 is 13.9 Å². The quantitative estimate of drug-likeness (QED) is 0.610. The second kappa shape index (κ2) is 5.54. The van der Waals surface area contributed by atoms with E-state index in [4.69, 9.17) is 0 Å². The van der Waals surface area contributed by atoms with Crippen molar-refractivity contribution in [1.82, 2.24) is 0 Å². The standard InChI is InChI=1S/C13H15FO2S/c1-2-16-13(15)12(14)17-11-7-6-9-4-3-5-10(9)8-11/h6-8,12H,2-5H2,1H3. The summed E-state index contributed by atoms with van der Waals surface area (Å²) in [5.74, 6) is -0.794. The van der Waals surface area contributed by atoms with Gasteiger partial charge in [-0.25, -0.2) is 9.18 Å². The molecule has 0 radical (unpaired) electrons. The summed E-state index contributed by atoms with van der Waals surface area (Å²) in [6, 6.07) is 5.89. The van der Waals surface area contributed by atoms with Gasteiger partial charge in [0.15, 0.2) is 0 Å². The van der Waals surface area contributed by atoms with E-state index in [0.29, 0.717) is 0 Å². The van der Waals surface area contributed by atoms with Crippen LogP contribution >= 0.6 is 11.8 Å². The Morgan fingerprint density at radius 1 is 1.47 bits per heavy atom. The molecule has 0 N–H and O–H groups in total. The summed E-state index contributed by atoms with van der Waals surface area (Å²) in [7, 11) is 0. The Bertz CT molecular complexity index is 420. The maximum absolute atomic E-state index is 13.5. The fourth-order valence-corrected chi connectivity index (χ4v) is 2.76. The summed E-state index contributed by atoms with van der Waals surface area (Å²) in [6.07, 6.45) is 3.33. The van der Waals surface area contributed by atoms with Gasteiger partial charge < -0.3 is 4.74 Å². The maximum atomic E-state index is 13.5. The first-order chi connectivity index (χ1) is 8.20. The van der Waals surface area contributed by atoms with Gasteiger partial charge in [-0.1, -0.05) is 17.8 Å². The summed E-state index contributed by atoms with van der Waals surface area (Å²) >= 11 is 0.916. The minimum Gasteiger partial charge on any atom is -0.463 e. The molecule has 1 aliphatic rings. The van der Waals surface area contributed by atoms with Crippen LogP contribution in [0.4, 0.5) is 4.39 Å². The number of fused-ring (bicyclic) bond motifs is 1. The third-order valence-corrected chi connectivity index (χ3v) is 3.71. The van der Waals surface area contributed by atoms with Crippen LogP contribution in [-0.4, -0.2) is 18.1 Å². The topological polar surface area (TPSA) is 26.3 Å². The minimum absolute atomic E-state index is 0.212. The van der Waals surface area contributed by atoms with E-state index in [1.807, 2.05) is 18.2 Å². The zero-order valence-corrected chi connectivity index (χ0v) is 10.6. The SMILES string of the molecule is CCOC(=O)C(F)Sc1ccc2c(c1)CCC2. The smallest absolute Gasteiger partial charge is 0.351 e. The molecule has 4 heteroatoms. The number of halogens is 1.